The standard InChI is InChI=1S/C14H13ClN4/c15-11-4-1-5-12(7-11)19-13(9-18-14(19)16)10-3-2-6-17-8-10/h1-8,13H,9H2,(H2,16,18). The maximum Gasteiger partial charge on any atom is 0.196 e. The van der Waals surface area contributed by atoms with E-state index in [1.165, 1.54) is 0 Å². The summed E-state index contributed by atoms with van der Waals surface area (Å²) in [6.07, 6.45) is 3.60. The predicted molar refractivity (Wildman–Crippen MR) is 77.4 cm³/mol. The molecule has 1 unspecified atom stereocenters. The molecule has 1 aliphatic rings. The van der Waals surface area contributed by atoms with Crippen LogP contribution in [0, 0.1) is 0 Å². The molecule has 5 heteroatoms. The monoisotopic (exact) mass is 272 g/mol. The number of nitrogens with zero attached hydrogens (tertiary/aromatic N) is 3. The highest BCUT2D eigenvalue weighted by atomic mass is 35.5. The van der Waals surface area contributed by atoms with Crippen molar-refractivity contribution < 1.29 is 0 Å². The van der Waals surface area contributed by atoms with Gasteiger partial charge in [0.25, 0.3) is 0 Å². The molecule has 2 aromatic rings. The van der Waals surface area contributed by atoms with Crippen molar-refractivity contribution >= 4 is 23.2 Å². The molecule has 2 N–H and O–H groups in total. The maximum atomic E-state index is 6.05. The Balaban J connectivity index is 1.99. The summed E-state index contributed by atoms with van der Waals surface area (Å²) in [6, 6.07) is 11.6. The number of aromatic nitrogens is 1. The Hall–Kier alpha value is -2.07. The lowest BCUT2D eigenvalue weighted by molar-refractivity contribution is 0.764. The fourth-order valence-corrected chi connectivity index (χ4v) is 2.45. The van der Waals surface area contributed by atoms with E-state index in [1.54, 1.807) is 6.20 Å². The van der Waals surface area contributed by atoms with Crippen molar-refractivity contribution in [2.75, 3.05) is 11.4 Å². The molecule has 0 aliphatic carbocycles. The number of guanidine groups is 1. The predicted octanol–water partition coefficient (Wildman–Crippen LogP) is 2.61. The maximum absolute atomic E-state index is 6.05. The Labute approximate surface area is 116 Å². The molecule has 0 radical (unpaired) electrons. The summed E-state index contributed by atoms with van der Waals surface area (Å²) >= 11 is 6.05. The number of aliphatic imine (C=N–C) groups is 1. The second kappa shape index (κ2) is 4.90. The first-order chi connectivity index (χ1) is 9.25. The molecule has 96 valence electrons. The van der Waals surface area contributed by atoms with Crippen molar-refractivity contribution in [3.05, 3.63) is 59.4 Å². The van der Waals surface area contributed by atoms with Crippen LogP contribution in [0.15, 0.2) is 53.8 Å². The number of pyridine rings is 1. The molecular formula is C14H13ClN4. The fourth-order valence-electron chi connectivity index (χ4n) is 2.26. The molecular weight excluding hydrogens is 260 g/mol. The van der Waals surface area contributed by atoms with Crippen LogP contribution in [-0.2, 0) is 0 Å². The van der Waals surface area contributed by atoms with Crippen LogP contribution < -0.4 is 10.6 Å². The summed E-state index contributed by atoms with van der Waals surface area (Å²) < 4.78 is 0. The second-order valence-corrected chi connectivity index (χ2v) is 4.79. The molecule has 0 amide bonds. The zero-order valence-corrected chi connectivity index (χ0v) is 11.0. The zero-order chi connectivity index (χ0) is 13.2. The average Bonchev–Trinajstić information content (AvgIpc) is 2.82. The zero-order valence-electron chi connectivity index (χ0n) is 10.2. The van der Waals surface area contributed by atoms with Crippen LogP contribution in [0.25, 0.3) is 0 Å². The SMILES string of the molecule is NC1=NCC(c2cccnc2)N1c1cccc(Cl)c1. The number of anilines is 1. The van der Waals surface area contributed by atoms with Gasteiger partial charge in [0.2, 0.25) is 0 Å². The highest BCUT2D eigenvalue weighted by Gasteiger charge is 2.28. The van der Waals surface area contributed by atoms with Gasteiger partial charge in [-0.25, -0.2) is 0 Å². The summed E-state index contributed by atoms with van der Waals surface area (Å²) in [5.74, 6) is 0.510. The minimum atomic E-state index is 0.0761. The van der Waals surface area contributed by atoms with Crippen LogP contribution in [0.2, 0.25) is 5.02 Å². The third-order valence-electron chi connectivity index (χ3n) is 3.14. The molecule has 0 spiro atoms. The van der Waals surface area contributed by atoms with Gasteiger partial charge in [0.1, 0.15) is 0 Å². The highest BCUT2D eigenvalue weighted by Crippen LogP contribution is 2.31. The topological polar surface area (TPSA) is 54.5 Å². The molecule has 0 saturated heterocycles. The molecule has 1 aliphatic heterocycles. The normalized spacial score (nSPS) is 18.5. The largest absolute Gasteiger partial charge is 0.369 e. The number of rotatable bonds is 2. The van der Waals surface area contributed by atoms with Crippen molar-refractivity contribution in [3.8, 4) is 0 Å². The van der Waals surface area contributed by atoms with Gasteiger partial charge in [-0.2, -0.15) is 0 Å². The van der Waals surface area contributed by atoms with E-state index in [2.05, 4.69) is 9.98 Å². The molecule has 4 nitrogen and oxygen atoms in total. The van der Waals surface area contributed by atoms with E-state index in [0.717, 1.165) is 11.3 Å². The molecule has 2 heterocycles. The molecule has 1 atom stereocenters. The minimum Gasteiger partial charge on any atom is -0.369 e. The number of nitrogens with two attached hydrogens (primary N) is 1. The number of hydrogen-bond donors (Lipinski definition) is 1. The van der Waals surface area contributed by atoms with Crippen molar-refractivity contribution in [1.29, 1.82) is 0 Å². The summed E-state index contributed by atoms with van der Waals surface area (Å²) in [4.78, 5) is 10.5. The summed E-state index contributed by atoms with van der Waals surface area (Å²) in [7, 11) is 0. The van der Waals surface area contributed by atoms with Gasteiger partial charge in [0, 0.05) is 23.1 Å². The van der Waals surface area contributed by atoms with Crippen molar-refractivity contribution in [3.63, 3.8) is 0 Å². The van der Waals surface area contributed by atoms with E-state index in [-0.39, 0.29) is 6.04 Å². The van der Waals surface area contributed by atoms with E-state index in [0.29, 0.717) is 17.5 Å². The van der Waals surface area contributed by atoms with Gasteiger partial charge in [-0.3, -0.25) is 9.98 Å². The van der Waals surface area contributed by atoms with E-state index in [1.807, 2.05) is 47.5 Å². The van der Waals surface area contributed by atoms with Gasteiger partial charge < -0.3 is 10.6 Å². The van der Waals surface area contributed by atoms with Gasteiger partial charge in [-0.1, -0.05) is 23.7 Å². The fraction of sp³-hybridized carbons (Fsp3) is 0.143. The Morgan fingerprint density at radius 2 is 2.16 bits per heavy atom. The third-order valence-corrected chi connectivity index (χ3v) is 3.38. The van der Waals surface area contributed by atoms with Crippen molar-refractivity contribution in [2.45, 2.75) is 6.04 Å². The van der Waals surface area contributed by atoms with Crippen LogP contribution in [0.5, 0.6) is 0 Å². The van der Waals surface area contributed by atoms with Crippen LogP contribution in [0.1, 0.15) is 11.6 Å². The molecule has 3 rings (SSSR count). The van der Waals surface area contributed by atoms with Gasteiger partial charge in [-0.05, 0) is 29.8 Å². The Morgan fingerprint density at radius 1 is 1.26 bits per heavy atom. The van der Waals surface area contributed by atoms with E-state index in [9.17, 15) is 0 Å². The third kappa shape index (κ3) is 2.27. The molecule has 1 aromatic heterocycles. The van der Waals surface area contributed by atoms with Crippen molar-refractivity contribution in [1.82, 2.24) is 4.98 Å². The van der Waals surface area contributed by atoms with E-state index in [4.69, 9.17) is 17.3 Å². The number of hydrogen-bond acceptors (Lipinski definition) is 4. The van der Waals surface area contributed by atoms with Gasteiger partial charge >= 0.3 is 0 Å². The first-order valence-corrected chi connectivity index (χ1v) is 6.38. The second-order valence-electron chi connectivity index (χ2n) is 4.35. The summed E-state index contributed by atoms with van der Waals surface area (Å²) in [5, 5.41) is 0.683. The van der Waals surface area contributed by atoms with Gasteiger partial charge in [0.05, 0.1) is 12.6 Å². The quantitative estimate of drug-likeness (QED) is 0.914. The molecule has 19 heavy (non-hydrogen) atoms. The molecule has 0 saturated carbocycles. The minimum absolute atomic E-state index is 0.0761. The summed E-state index contributed by atoms with van der Waals surface area (Å²) in [6.45, 7) is 0.629. The lowest BCUT2D eigenvalue weighted by Crippen LogP contribution is -2.36. The molecule has 1 aromatic carbocycles. The summed E-state index contributed by atoms with van der Waals surface area (Å²) in [5.41, 5.74) is 8.04. The first-order valence-electron chi connectivity index (χ1n) is 6.00. The van der Waals surface area contributed by atoms with Crippen LogP contribution >= 0.6 is 11.6 Å². The molecule has 0 bridgehead atoms. The smallest absolute Gasteiger partial charge is 0.196 e. The first kappa shape index (κ1) is 12.0. The van der Waals surface area contributed by atoms with E-state index < -0.39 is 0 Å². The number of halogens is 1. The lowest BCUT2D eigenvalue weighted by Gasteiger charge is -2.26. The average molecular weight is 273 g/mol. The Morgan fingerprint density at radius 3 is 2.89 bits per heavy atom. The Kier molecular flexibility index (Phi) is 3.09. The van der Waals surface area contributed by atoms with Crippen LogP contribution in [0.3, 0.4) is 0 Å². The van der Waals surface area contributed by atoms with Gasteiger partial charge in [0.15, 0.2) is 5.96 Å². The Bertz CT molecular complexity index is 612. The van der Waals surface area contributed by atoms with Crippen molar-refractivity contribution in [2.24, 2.45) is 10.7 Å². The molecule has 0 fully saturated rings. The lowest BCUT2D eigenvalue weighted by atomic mass is 10.1. The highest BCUT2D eigenvalue weighted by molar-refractivity contribution is 6.30. The van der Waals surface area contributed by atoms with Crippen LogP contribution in [0.4, 0.5) is 5.69 Å². The van der Waals surface area contributed by atoms with Crippen LogP contribution in [-0.4, -0.2) is 17.5 Å². The van der Waals surface area contributed by atoms with Gasteiger partial charge in [-0.15, -0.1) is 0 Å². The number of benzene rings is 1. The van der Waals surface area contributed by atoms with E-state index >= 15 is 0 Å².